The largest absolute Gasteiger partial charge is 0.462 e. The summed E-state index contributed by atoms with van der Waals surface area (Å²) in [5.41, 5.74) is 9.21. The summed E-state index contributed by atoms with van der Waals surface area (Å²) in [7, 11) is 0. The number of carbonyl (C=O) groups excluding carboxylic acids is 3. The van der Waals surface area contributed by atoms with Gasteiger partial charge < -0.3 is 15.8 Å². The molecule has 1 aromatic carbocycles. The molecule has 0 atom stereocenters. The van der Waals surface area contributed by atoms with Crippen molar-refractivity contribution in [1.82, 2.24) is 9.55 Å². The van der Waals surface area contributed by atoms with Crippen molar-refractivity contribution >= 4 is 45.9 Å². The molecule has 0 aliphatic rings. The van der Waals surface area contributed by atoms with E-state index in [0.29, 0.717) is 10.7 Å². The summed E-state index contributed by atoms with van der Waals surface area (Å²) >= 11 is 2.23. The van der Waals surface area contributed by atoms with Gasteiger partial charge in [-0.2, -0.15) is 0 Å². The van der Waals surface area contributed by atoms with Gasteiger partial charge in [0.1, 0.15) is 5.00 Å². The number of thiophene rings is 1. The van der Waals surface area contributed by atoms with Crippen LogP contribution in [0.5, 0.6) is 0 Å². The second kappa shape index (κ2) is 10.0. The minimum atomic E-state index is -0.664. The van der Waals surface area contributed by atoms with Gasteiger partial charge in [0.2, 0.25) is 5.91 Å². The van der Waals surface area contributed by atoms with Gasteiger partial charge in [0.05, 0.1) is 28.5 Å². The van der Waals surface area contributed by atoms with Crippen LogP contribution in [-0.2, 0) is 9.53 Å². The molecule has 0 aliphatic heterocycles. The number of thioether (sulfide) groups is 1. The lowest BCUT2D eigenvalue weighted by Crippen LogP contribution is -2.17. The fraction of sp³-hybridized carbons (Fsp3) is 0.273. The number of imidazole rings is 1. The number of nitrogens with two attached hydrogens (primary N) is 1. The van der Waals surface area contributed by atoms with Crippen LogP contribution in [0.15, 0.2) is 35.7 Å². The summed E-state index contributed by atoms with van der Waals surface area (Å²) in [4.78, 5) is 41.3. The van der Waals surface area contributed by atoms with Gasteiger partial charge in [-0.05, 0) is 44.9 Å². The molecule has 32 heavy (non-hydrogen) atoms. The van der Waals surface area contributed by atoms with Crippen molar-refractivity contribution in [3.05, 3.63) is 57.7 Å². The Bertz CT molecular complexity index is 1180. The smallest absolute Gasteiger partial charge is 0.341 e. The van der Waals surface area contributed by atoms with Crippen molar-refractivity contribution in [1.29, 1.82) is 0 Å². The van der Waals surface area contributed by atoms with Crippen molar-refractivity contribution in [3.8, 4) is 5.69 Å². The maximum absolute atomic E-state index is 12.7. The zero-order valence-corrected chi connectivity index (χ0v) is 19.9. The van der Waals surface area contributed by atoms with Gasteiger partial charge in [0.15, 0.2) is 5.16 Å². The number of hydrogen-bond acceptors (Lipinski definition) is 7. The number of nitrogens with zero attached hydrogens (tertiary/aromatic N) is 2. The molecule has 10 heteroatoms. The number of esters is 1. The number of benzene rings is 1. The molecule has 0 spiro atoms. The van der Waals surface area contributed by atoms with Crippen LogP contribution in [0, 0.1) is 20.8 Å². The zero-order valence-electron chi connectivity index (χ0n) is 18.2. The fourth-order valence-corrected chi connectivity index (χ4v) is 5.06. The summed E-state index contributed by atoms with van der Waals surface area (Å²) in [5, 5.41) is 3.63. The fourth-order valence-electron chi connectivity index (χ4n) is 3.23. The number of hydrogen-bond donors (Lipinski definition) is 2. The Balaban J connectivity index is 1.77. The minimum absolute atomic E-state index is 0.0625. The maximum Gasteiger partial charge on any atom is 0.341 e. The highest BCUT2D eigenvalue weighted by molar-refractivity contribution is 7.99. The topological polar surface area (TPSA) is 116 Å². The summed E-state index contributed by atoms with van der Waals surface area (Å²) in [5.74, 6) is -1.55. The predicted molar refractivity (Wildman–Crippen MR) is 126 cm³/mol. The molecule has 2 aromatic heterocycles. The van der Waals surface area contributed by atoms with Crippen molar-refractivity contribution in [3.63, 3.8) is 0 Å². The average molecular weight is 473 g/mol. The molecule has 0 fully saturated rings. The van der Waals surface area contributed by atoms with E-state index in [9.17, 15) is 14.4 Å². The van der Waals surface area contributed by atoms with Crippen LogP contribution in [0.3, 0.4) is 0 Å². The highest BCUT2D eigenvalue weighted by atomic mass is 32.2. The van der Waals surface area contributed by atoms with Crippen molar-refractivity contribution in [2.45, 2.75) is 32.9 Å². The van der Waals surface area contributed by atoms with Crippen LogP contribution < -0.4 is 11.1 Å². The molecule has 0 bridgehead atoms. The number of nitrogens with one attached hydrogen (secondary N) is 1. The second-order valence-electron chi connectivity index (χ2n) is 7.05. The molecule has 3 rings (SSSR count). The Labute approximate surface area is 194 Å². The Morgan fingerprint density at radius 1 is 1.25 bits per heavy atom. The normalized spacial score (nSPS) is 10.8. The summed E-state index contributed by atoms with van der Waals surface area (Å²) in [6, 6.07) is 6.13. The lowest BCUT2D eigenvalue weighted by atomic mass is 10.1. The molecule has 0 saturated carbocycles. The van der Waals surface area contributed by atoms with Gasteiger partial charge in [-0.1, -0.05) is 29.5 Å². The molecule has 2 amide bonds. The van der Waals surface area contributed by atoms with Crippen LogP contribution in [0.1, 0.15) is 43.6 Å². The van der Waals surface area contributed by atoms with E-state index in [4.69, 9.17) is 10.5 Å². The number of amides is 2. The molecule has 8 nitrogen and oxygen atoms in total. The number of anilines is 1. The molecule has 0 unspecified atom stereocenters. The van der Waals surface area contributed by atoms with Crippen LogP contribution in [-0.4, -0.2) is 39.7 Å². The van der Waals surface area contributed by atoms with E-state index < -0.39 is 11.9 Å². The van der Waals surface area contributed by atoms with Gasteiger partial charge in [-0.25, -0.2) is 9.78 Å². The van der Waals surface area contributed by atoms with Crippen molar-refractivity contribution < 1.29 is 19.1 Å². The van der Waals surface area contributed by atoms with E-state index in [-0.39, 0.29) is 33.7 Å². The SMILES string of the molecule is CCOC(=O)c1c(NC(=O)CSc2nccn2-c2ccc(C)cc2C)sc(C(N)=O)c1C. The van der Waals surface area contributed by atoms with Crippen molar-refractivity contribution in [2.24, 2.45) is 5.73 Å². The van der Waals surface area contributed by atoms with Crippen LogP contribution in [0.4, 0.5) is 5.00 Å². The first kappa shape index (κ1) is 23.6. The number of ether oxygens (including phenoxy) is 1. The number of aryl methyl sites for hydroxylation is 2. The van der Waals surface area contributed by atoms with Gasteiger partial charge in [0.25, 0.3) is 5.91 Å². The number of aromatic nitrogens is 2. The van der Waals surface area contributed by atoms with E-state index in [2.05, 4.69) is 16.4 Å². The molecular weight excluding hydrogens is 448 g/mol. The molecular formula is C22H24N4O4S2. The molecule has 168 valence electrons. The van der Waals surface area contributed by atoms with E-state index >= 15 is 0 Å². The van der Waals surface area contributed by atoms with Gasteiger partial charge in [0, 0.05) is 12.4 Å². The first-order chi connectivity index (χ1) is 15.2. The highest BCUT2D eigenvalue weighted by Gasteiger charge is 2.25. The Kier molecular flexibility index (Phi) is 7.37. The van der Waals surface area contributed by atoms with Crippen LogP contribution >= 0.6 is 23.1 Å². The third kappa shape index (κ3) is 5.03. The van der Waals surface area contributed by atoms with Gasteiger partial charge >= 0.3 is 5.97 Å². The molecule has 3 N–H and O–H groups in total. The van der Waals surface area contributed by atoms with Crippen LogP contribution in [0.2, 0.25) is 0 Å². The average Bonchev–Trinajstić information content (AvgIpc) is 3.31. The third-order valence-corrected chi connectivity index (χ3v) is 6.84. The molecule has 0 aliphatic carbocycles. The lowest BCUT2D eigenvalue weighted by Gasteiger charge is -2.11. The molecule has 0 saturated heterocycles. The zero-order chi connectivity index (χ0) is 23.4. The van der Waals surface area contributed by atoms with E-state index in [1.54, 1.807) is 20.0 Å². The second-order valence-corrected chi connectivity index (χ2v) is 9.01. The lowest BCUT2D eigenvalue weighted by molar-refractivity contribution is -0.113. The van der Waals surface area contributed by atoms with Gasteiger partial charge in [-0.3, -0.25) is 14.2 Å². The summed E-state index contributed by atoms with van der Waals surface area (Å²) < 4.78 is 7.00. The Morgan fingerprint density at radius 3 is 2.66 bits per heavy atom. The predicted octanol–water partition coefficient (Wildman–Crippen LogP) is 3.87. The summed E-state index contributed by atoms with van der Waals surface area (Å²) in [6.45, 7) is 7.51. The number of carbonyl (C=O) groups is 3. The first-order valence-electron chi connectivity index (χ1n) is 9.86. The van der Waals surface area contributed by atoms with E-state index in [0.717, 1.165) is 22.6 Å². The molecule has 0 radical (unpaired) electrons. The molecule has 2 heterocycles. The van der Waals surface area contributed by atoms with Gasteiger partial charge in [-0.15, -0.1) is 11.3 Å². The number of primary amides is 1. The summed E-state index contributed by atoms with van der Waals surface area (Å²) in [6.07, 6.45) is 3.53. The maximum atomic E-state index is 12.7. The van der Waals surface area contributed by atoms with E-state index in [1.165, 1.54) is 17.3 Å². The Morgan fingerprint density at radius 2 is 2.00 bits per heavy atom. The quantitative estimate of drug-likeness (QED) is 0.380. The number of rotatable bonds is 8. The van der Waals surface area contributed by atoms with Crippen LogP contribution in [0.25, 0.3) is 5.69 Å². The third-order valence-electron chi connectivity index (χ3n) is 4.65. The first-order valence-corrected chi connectivity index (χ1v) is 11.7. The minimum Gasteiger partial charge on any atom is -0.462 e. The van der Waals surface area contributed by atoms with E-state index in [1.807, 2.05) is 36.7 Å². The van der Waals surface area contributed by atoms with Crippen molar-refractivity contribution in [2.75, 3.05) is 17.7 Å². The monoisotopic (exact) mass is 472 g/mol. The Hall–Kier alpha value is -3.11. The highest BCUT2D eigenvalue weighted by Crippen LogP contribution is 2.34. The molecule has 3 aromatic rings. The standard InChI is InChI=1S/C22H24N4O4S2/c1-5-30-21(29)17-14(4)18(19(23)28)32-20(17)25-16(27)11-31-22-24-8-9-26(22)15-7-6-12(2)10-13(15)3/h6-10H,5,11H2,1-4H3,(H2,23,28)(H,25,27).